The van der Waals surface area contributed by atoms with Gasteiger partial charge >= 0.3 is 0 Å². The number of aromatic nitrogens is 1. The van der Waals surface area contributed by atoms with Gasteiger partial charge in [0, 0.05) is 29.9 Å². The minimum absolute atomic E-state index is 0.204. The Morgan fingerprint density at radius 2 is 1.89 bits per heavy atom. The Hall–Kier alpha value is -3.32. The van der Waals surface area contributed by atoms with Crippen molar-refractivity contribution in [2.75, 3.05) is 49.4 Å². The monoisotopic (exact) mass is 378 g/mol. The molecule has 2 heterocycles. The number of nitrogens with two attached hydrogens (primary N) is 1. The zero-order chi connectivity index (χ0) is 19.5. The molecular weight excluding hydrogens is 356 g/mol. The molecule has 0 bridgehead atoms. The summed E-state index contributed by atoms with van der Waals surface area (Å²) in [6.45, 7) is 3.20. The minimum Gasteiger partial charge on any atom is -0.497 e. The van der Waals surface area contributed by atoms with Crippen LogP contribution in [0.2, 0.25) is 0 Å². The maximum Gasteiger partial charge on any atom is 0.276 e. The molecule has 1 fully saturated rings. The number of carbonyl (C=O) groups excluding carboxylic acids is 1. The Bertz CT molecular complexity index is 998. The average Bonchev–Trinajstić information content (AvgIpc) is 2.74. The summed E-state index contributed by atoms with van der Waals surface area (Å²) in [4.78, 5) is 19.4. The number of nitrogens with one attached hydrogen (secondary N) is 1. The molecule has 4 rings (SSSR count). The van der Waals surface area contributed by atoms with Crippen molar-refractivity contribution < 1.29 is 14.3 Å². The first-order valence-electron chi connectivity index (χ1n) is 9.12. The van der Waals surface area contributed by atoms with Crippen LogP contribution in [0, 0.1) is 0 Å². The first kappa shape index (κ1) is 18.1. The molecule has 3 N–H and O–H groups in total. The van der Waals surface area contributed by atoms with Crippen LogP contribution >= 0.6 is 0 Å². The second-order valence-electron chi connectivity index (χ2n) is 6.59. The Morgan fingerprint density at radius 1 is 1.14 bits per heavy atom. The fraction of sp³-hybridized carbons (Fsp3) is 0.238. The van der Waals surface area contributed by atoms with Crippen molar-refractivity contribution in [3.05, 3.63) is 54.2 Å². The highest BCUT2D eigenvalue weighted by Crippen LogP contribution is 2.24. The van der Waals surface area contributed by atoms with Gasteiger partial charge in [0.25, 0.3) is 5.91 Å². The van der Waals surface area contributed by atoms with E-state index in [1.54, 1.807) is 19.2 Å². The number of ether oxygens (including phenoxy) is 2. The predicted molar refractivity (Wildman–Crippen MR) is 110 cm³/mol. The molecule has 1 aliphatic heterocycles. The third kappa shape index (κ3) is 3.70. The maximum atomic E-state index is 12.7. The van der Waals surface area contributed by atoms with Gasteiger partial charge in [-0.05, 0) is 48.5 Å². The number of morpholine rings is 1. The van der Waals surface area contributed by atoms with E-state index in [1.807, 2.05) is 36.4 Å². The van der Waals surface area contributed by atoms with Crippen LogP contribution in [0.15, 0.2) is 48.5 Å². The molecule has 0 unspecified atom stereocenters. The van der Waals surface area contributed by atoms with Crippen LogP contribution in [-0.4, -0.2) is 44.3 Å². The van der Waals surface area contributed by atoms with Gasteiger partial charge in [-0.2, -0.15) is 0 Å². The van der Waals surface area contributed by atoms with E-state index in [9.17, 15) is 4.79 Å². The third-order valence-electron chi connectivity index (χ3n) is 4.77. The van der Waals surface area contributed by atoms with Gasteiger partial charge in [0.1, 0.15) is 5.75 Å². The third-order valence-corrected chi connectivity index (χ3v) is 4.77. The molecule has 7 nitrogen and oxygen atoms in total. The molecule has 1 aliphatic rings. The summed E-state index contributed by atoms with van der Waals surface area (Å²) in [6, 6.07) is 14.9. The van der Waals surface area contributed by atoms with Gasteiger partial charge in [-0.25, -0.2) is 4.98 Å². The van der Waals surface area contributed by atoms with E-state index in [0.29, 0.717) is 22.6 Å². The van der Waals surface area contributed by atoms with Crippen LogP contribution in [0.1, 0.15) is 10.5 Å². The number of hydrogen-bond acceptors (Lipinski definition) is 6. The van der Waals surface area contributed by atoms with E-state index >= 15 is 0 Å². The van der Waals surface area contributed by atoms with Gasteiger partial charge in [-0.1, -0.05) is 0 Å². The van der Waals surface area contributed by atoms with Gasteiger partial charge in [-0.3, -0.25) is 4.79 Å². The van der Waals surface area contributed by atoms with Crippen molar-refractivity contribution in [2.24, 2.45) is 0 Å². The van der Waals surface area contributed by atoms with E-state index in [2.05, 4.69) is 15.2 Å². The zero-order valence-corrected chi connectivity index (χ0v) is 15.6. The Labute approximate surface area is 163 Å². The van der Waals surface area contributed by atoms with E-state index in [0.717, 1.165) is 37.4 Å². The number of pyridine rings is 1. The first-order chi connectivity index (χ1) is 13.6. The number of amides is 1. The average molecular weight is 378 g/mol. The molecular formula is C21H22N4O3. The highest BCUT2D eigenvalue weighted by Gasteiger charge is 2.15. The van der Waals surface area contributed by atoms with Crippen molar-refractivity contribution in [3.8, 4) is 5.75 Å². The summed E-state index contributed by atoms with van der Waals surface area (Å²) < 4.78 is 10.6. The van der Waals surface area contributed by atoms with Gasteiger partial charge < -0.3 is 25.4 Å². The molecule has 1 aromatic heterocycles. The lowest BCUT2D eigenvalue weighted by molar-refractivity contribution is 0.102. The second-order valence-corrected chi connectivity index (χ2v) is 6.59. The molecule has 0 saturated carbocycles. The fourth-order valence-electron chi connectivity index (χ4n) is 3.25. The largest absolute Gasteiger partial charge is 0.497 e. The normalized spacial score (nSPS) is 14.1. The summed E-state index contributed by atoms with van der Waals surface area (Å²) in [5.74, 6) is 0.376. The molecule has 1 amide bonds. The molecule has 28 heavy (non-hydrogen) atoms. The smallest absolute Gasteiger partial charge is 0.276 e. The molecule has 0 aliphatic carbocycles. The lowest BCUT2D eigenvalue weighted by Gasteiger charge is -2.28. The van der Waals surface area contributed by atoms with Crippen LogP contribution in [0.25, 0.3) is 10.9 Å². The van der Waals surface area contributed by atoms with E-state index in [1.165, 1.54) is 0 Å². The molecule has 0 spiro atoms. The number of hydrogen-bond donors (Lipinski definition) is 2. The summed E-state index contributed by atoms with van der Waals surface area (Å²) in [5.41, 5.74) is 9.08. The van der Waals surface area contributed by atoms with Crippen molar-refractivity contribution in [2.45, 2.75) is 0 Å². The van der Waals surface area contributed by atoms with E-state index in [4.69, 9.17) is 15.2 Å². The van der Waals surface area contributed by atoms with Crippen molar-refractivity contribution in [1.82, 2.24) is 4.98 Å². The number of methoxy groups -OCH3 is 1. The molecule has 0 atom stereocenters. The minimum atomic E-state index is -0.339. The van der Waals surface area contributed by atoms with Gasteiger partial charge in [0.2, 0.25) is 0 Å². The molecule has 2 aromatic carbocycles. The van der Waals surface area contributed by atoms with Gasteiger partial charge in [0.05, 0.1) is 31.5 Å². The molecule has 144 valence electrons. The number of anilines is 3. The molecule has 3 aromatic rings. The Balaban J connectivity index is 1.52. The Morgan fingerprint density at radius 3 is 2.61 bits per heavy atom. The standard InChI is InChI=1S/C21H22N4O3/c1-27-17-6-7-19-14(12-17)13-18(22)20(24-19)21(26)23-15-2-4-16(5-3-15)25-8-10-28-11-9-25/h2-7,12-13H,8-11,22H2,1H3,(H,23,26). The summed E-state index contributed by atoms with van der Waals surface area (Å²) in [6.07, 6.45) is 0. The number of fused-ring (bicyclic) bond motifs is 1. The first-order valence-corrected chi connectivity index (χ1v) is 9.12. The molecule has 0 radical (unpaired) electrons. The van der Waals surface area contributed by atoms with Crippen molar-refractivity contribution in [1.29, 1.82) is 0 Å². The molecule has 7 heteroatoms. The highest BCUT2D eigenvalue weighted by molar-refractivity contribution is 6.08. The van der Waals surface area contributed by atoms with E-state index < -0.39 is 0 Å². The summed E-state index contributed by atoms with van der Waals surface area (Å²) >= 11 is 0. The fourth-order valence-corrected chi connectivity index (χ4v) is 3.25. The number of carbonyl (C=O) groups is 1. The van der Waals surface area contributed by atoms with E-state index in [-0.39, 0.29) is 11.6 Å². The topological polar surface area (TPSA) is 89.7 Å². The number of nitrogens with zero attached hydrogens (tertiary/aromatic N) is 2. The van der Waals surface area contributed by atoms with Crippen LogP contribution in [0.4, 0.5) is 17.1 Å². The summed E-state index contributed by atoms with van der Waals surface area (Å²) in [5, 5.41) is 3.69. The van der Waals surface area contributed by atoms with Gasteiger partial charge in [-0.15, -0.1) is 0 Å². The van der Waals surface area contributed by atoms with Crippen molar-refractivity contribution >= 4 is 33.9 Å². The van der Waals surface area contributed by atoms with Crippen LogP contribution < -0.4 is 20.7 Å². The Kier molecular flexibility index (Phi) is 4.99. The lowest BCUT2D eigenvalue weighted by atomic mass is 10.1. The zero-order valence-electron chi connectivity index (χ0n) is 15.6. The quantitative estimate of drug-likeness (QED) is 0.726. The number of nitrogen functional groups attached to an aromatic ring is 1. The van der Waals surface area contributed by atoms with Crippen LogP contribution in [0.3, 0.4) is 0 Å². The van der Waals surface area contributed by atoms with Gasteiger partial charge in [0.15, 0.2) is 5.69 Å². The van der Waals surface area contributed by atoms with Crippen LogP contribution in [0.5, 0.6) is 5.75 Å². The van der Waals surface area contributed by atoms with Crippen LogP contribution in [-0.2, 0) is 4.74 Å². The SMILES string of the molecule is COc1ccc2nc(C(=O)Nc3ccc(N4CCOCC4)cc3)c(N)cc2c1. The summed E-state index contributed by atoms with van der Waals surface area (Å²) in [7, 11) is 1.60. The molecule has 1 saturated heterocycles. The number of rotatable bonds is 4. The van der Waals surface area contributed by atoms with Crippen molar-refractivity contribution in [3.63, 3.8) is 0 Å². The second kappa shape index (κ2) is 7.74. The number of benzene rings is 2. The lowest BCUT2D eigenvalue weighted by Crippen LogP contribution is -2.36. The maximum absolute atomic E-state index is 12.7. The predicted octanol–water partition coefficient (Wildman–Crippen LogP) is 2.91. The highest BCUT2D eigenvalue weighted by atomic mass is 16.5.